The molecule has 0 spiro atoms. The fourth-order valence-electron chi connectivity index (χ4n) is 9.68. The SMILES string of the molecule is CCOC(=O)CC1CCC(C2CCC(C(C)CCCCCCC(C)CCCC(C)C3CCC(CCCCCC(=O)O)C3)C2)C1. The lowest BCUT2D eigenvalue weighted by Gasteiger charge is -2.22. The van der Waals surface area contributed by atoms with Crippen LogP contribution >= 0.6 is 0 Å². The average molecular weight is 617 g/mol. The minimum atomic E-state index is -0.646. The van der Waals surface area contributed by atoms with E-state index in [-0.39, 0.29) is 5.97 Å². The van der Waals surface area contributed by atoms with E-state index in [0.717, 1.165) is 60.2 Å². The number of ether oxygens (including phenoxy) is 1. The number of aliphatic carboxylic acids is 1. The number of carbonyl (C=O) groups excluding carboxylic acids is 1. The number of carboxylic acids is 1. The van der Waals surface area contributed by atoms with Gasteiger partial charge in [-0.25, -0.2) is 0 Å². The number of hydrogen-bond donors (Lipinski definition) is 1. The minimum absolute atomic E-state index is 0.0183. The molecule has 1 N–H and O–H groups in total. The normalized spacial score (nSPS) is 29.1. The maximum Gasteiger partial charge on any atom is 0.306 e. The molecule has 3 saturated carbocycles. The molecule has 0 aliphatic heterocycles. The fraction of sp³-hybridized carbons (Fsp3) is 0.950. The lowest BCUT2D eigenvalue weighted by molar-refractivity contribution is -0.144. The third-order valence-electron chi connectivity index (χ3n) is 12.7. The zero-order valence-corrected chi connectivity index (χ0v) is 29.5. The number of carbonyl (C=O) groups is 2. The average Bonchev–Trinajstić information content (AvgIpc) is 3.76. The van der Waals surface area contributed by atoms with Gasteiger partial charge in [0.05, 0.1) is 6.61 Å². The van der Waals surface area contributed by atoms with Crippen molar-refractivity contribution in [3.8, 4) is 0 Å². The summed E-state index contributed by atoms with van der Waals surface area (Å²) in [5.74, 6) is 7.16. The summed E-state index contributed by atoms with van der Waals surface area (Å²) in [7, 11) is 0. The number of carboxylic acid groups (broad SMARTS) is 1. The van der Waals surface area contributed by atoms with Gasteiger partial charge in [0.15, 0.2) is 0 Å². The number of hydrogen-bond acceptors (Lipinski definition) is 3. The van der Waals surface area contributed by atoms with E-state index >= 15 is 0 Å². The standard InChI is InChI=1S/C40H72O4/c1-5-44-40(43)28-34-21-23-37(27-34)38-25-24-36(29-38)31(3)16-10-7-6-9-14-30(2)15-13-17-32(4)35-22-20-33(26-35)18-11-8-12-19-39(41)42/h30-38H,5-29H2,1-4H3,(H,41,42). The third-order valence-corrected chi connectivity index (χ3v) is 12.7. The second-order valence-electron chi connectivity index (χ2n) is 16.2. The topological polar surface area (TPSA) is 63.6 Å². The molecule has 3 fully saturated rings. The summed E-state index contributed by atoms with van der Waals surface area (Å²) < 4.78 is 5.20. The molecule has 0 bridgehead atoms. The molecular formula is C40H72O4. The van der Waals surface area contributed by atoms with Crippen LogP contribution in [0.2, 0.25) is 0 Å². The van der Waals surface area contributed by atoms with E-state index in [1.54, 1.807) is 0 Å². The van der Waals surface area contributed by atoms with Gasteiger partial charge in [0.1, 0.15) is 0 Å². The van der Waals surface area contributed by atoms with E-state index < -0.39 is 5.97 Å². The molecule has 4 nitrogen and oxygen atoms in total. The van der Waals surface area contributed by atoms with Crippen molar-refractivity contribution in [3.05, 3.63) is 0 Å². The van der Waals surface area contributed by atoms with Gasteiger partial charge in [0.25, 0.3) is 0 Å². The van der Waals surface area contributed by atoms with E-state index in [1.165, 1.54) is 128 Å². The molecule has 0 heterocycles. The van der Waals surface area contributed by atoms with Crippen LogP contribution in [-0.4, -0.2) is 23.7 Å². The molecule has 0 amide bonds. The van der Waals surface area contributed by atoms with Gasteiger partial charge >= 0.3 is 11.9 Å². The molecule has 0 radical (unpaired) electrons. The van der Waals surface area contributed by atoms with Crippen LogP contribution in [-0.2, 0) is 14.3 Å². The molecule has 9 atom stereocenters. The van der Waals surface area contributed by atoms with Crippen molar-refractivity contribution in [1.29, 1.82) is 0 Å². The Hall–Kier alpha value is -1.06. The summed E-state index contributed by atoms with van der Waals surface area (Å²) in [4.78, 5) is 22.6. The first kappa shape index (κ1) is 37.4. The minimum Gasteiger partial charge on any atom is -0.481 e. The molecular weight excluding hydrogens is 544 g/mol. The van der Waals surface area contributed by atoms with Crippen LogP contribution in [0.3, 0.4) is 0 Å². The monoisotopic (exact) mass is 617 g/mol. The quantitative estimate of drug-likeness (QED) is 0.0916. The Labute approximate surface area is 272 Å². The van der Waals surface area contributed by atoms with Gasteiger partial charge < -0.3 is 9.84 Å². The van der Waals surface area contributed by atoms with Crippen molar-refractivity contribution in [1.82, 2.24) is 0 Å². The second kappa shape index (κ2) is 20.9. The predicted molar refractivity (Wildman–Crippen MR) is 184 cm³/mol. The molecule has 44 heavy (non-hydrogen) atoms. The van der Waals surface area contributed by atoms with Crippen LogP contribution in [0.25, 0.3) is 0 Å². The van der Waals surface area contributed by atoms with Crippen LogP contribution in [0.4, 0.5) is 0 Å². The molecule has 0 aromatic rings. The zero-order valence-electron chi connectivity index (χ0n) is 29.5. The Morgan fingerprint density at radius 1 is 0.659 bits per heavy atom. The van der Waals surface area contributed by atoms with Crippen LogP contribution in [0.1, 0.15) is 182 Å². The highest BCUT2D eigenvalue weighted by atomic mass is 16.5. The van der Waals surface area contributed by atoms with Gasteiger partial charge in [0.2, 0.25) is 0 Å². The van der Waals surface area contributed by atoms with Crippen LogP contribution in [0.15, 0.2) is 0 Å². The Morgan fingerprint density at radius 2 is 1.25 bits per heavy atom. The fourth-order valence-corrected chi connectivity index (χ4v) is 9.68. The van der Waals surface area contributed by atoms with Gasteiger partial charge in [-0.1, -0.05) is 104 Å². The van der Waals surface area contributed by atoms with Crippen LogP contribution in [0.5, 0.6) is 0 Å². The van der Waals surface area contributed by atoms with Crippen LogP contribution in [0, 0.1) is 53.3 Å². The molecule has 256 valence electrons. The van der Waals surface area contributed by atoms with Gasteiger partial charge in [-0.2, -0.15) is 0 Å². The van der Waals surface area contributed by atoms with Crippen molar-refractivity contribution in [2.45, 2.75) is 182 Å². The predicted octanol–water partition coefficient (Wildman–Crippen LogP) is 11.6. The molecule has 4 heteroatoms. The first-order valence-electron chi connectivity index (χ1n) is 19.6. The molecule has 0 saturated heterocycles. The number of esters is 1. The molecule has 0 aromatic heterocycles. The summed E-state index contributed by atoms with van der Waals surface area (Å²) in [6, 6.07) is 0. The van der Waals surface area contributed by atoms with Crippen molar-refractivity contribution in [2.24, 2.45) is 53.3 Å². The summed E-state index contributed by atoms with van der Waals surface area (Å²) >= 11 is 0. The van der Waals surface area contributed by atoms with Crippen molar-refractivity contribution in [2.75, 3.05) is 6.61 Å². The van der Waals surface area contributed by atoms with Crippen molar-refractivity contribution >= 4 is 11.9 Å². The van der Waals surface area contributed by atoms with Gasteiger partial charge in [-0.3, -0.25) is 9.59 Å². The van der Waals surface area contributed by atoms with Crippen LogP contribution < -0.4 is 0 Å². The highest BCUT2D eigenvalue weighted by Crippen LogP contribution is 2.48. The largest absolute Gasteiger partial charge is 0.481 e. The molecule has 0 aromatic carbocycles. The number of rotatable bonds is 23. The summed E-state index contributed by atoms with van der Waals surface area (Å²) in [5.41, 5.74) is 0. The van der Waals surface area contributed by atoms with Crippen molar-refractivity contribution < 1.29 is 19.4 Å². The Kier molecular flexibility index (Phi) is 17.8. The van der Waals surface area contributed by atoms with Gasteiger partial charge in [-0.15, -0.1) is 0 Å². The maximum atomic E-state index is 11.9. The molecule has 3 rings (SSSR count). The highest BCUT2D eigenvalue weighted by molar-refractivity contribution is 5.69. The zero-order chi connectivity index (χ0) is 31.7. The summed E-state index contributed by atoms with van der Waals surface area (Å²) in [6.07, 6.45) is 30.7. The van der Waals surface area contributed by atoms with E-state index in [2.05, 4.69) is 20.8 Å². The molecule has 9 unspecified atom stereocenters. The second-order valence-corrected chi connectivity index (χ2v) is 16.2. The smallest absolute Gasteiger partial charge is 0.306 e. The summed E-state index contributed by atoms with van der Waals surface area (Å²) in [6.45, 7) is 9.95. The van der Waals surface area contributed by atoms with Gasteiger partial charge in [0, 0.05) is 12.8 Å². The highest BCUT2D eigenvalue weighted by Gasteiger charge is 2.37. The van der Waals surface area contributed by atoms with E-state index in [1.807, 2.05) is 6.92 Å². The maximum absolute atomic E-state index is 11.9. The Morgan fingerprint density at radius 3 is 2.00 bits per heavy atom. The first-order valence-corrected chi connectivity index (χ1v) is 19.6. The van der Waals surface area contributed by atoms with E-state index in [4.69, 9.17) is 9.84 Å². The van der Waals surface area contributed by atoms with Gasteiger partial charge in [-0.05, 0) is 118 Å². The summed E-state index contributed by atoms with van der Waals surface area (Å²) in [5, 5.41) is 8.80. The third kappa shape index (κ3) is 14.1. The lowest BCUT2D eigenvalue weighted by Crippen LogP contribution is -2.13. The molecule has 3 aliphatic rings. The first-order chi connectivity index (χ1) is 21.2. The van der Waals surface area contributed by atoms with E-state index in [9.17, 15) is 9.59 Å². The van der Waals surface area contributed by atoms with Crippen molar-refractivity contribution in [3.63, 3.8) is 0 Å². The Bertz CT molecular complexity index is 794. The lowest BCUT2D eigenvalue weighted by atomic mass is 9.84. The van der Waals surface area contributed by atoms with E-state index in [0.29, 0.717) is 25.4 Å². The number of unbranched alkanes of at least 4 members (excludes halogenated alkanes) is 5. The Balaban J connectivity index is 1.14. The molecule has 3 aliphatic carbocycles.